The summed E-state index contributed by atoms with van der Waals surface area (Å²) in [5, 5.41) is 2.67. The number of anilines is 2. The topological polar surface area (TPSA) is 98.0 Å². The molecule has 1 saturated heterocycles. The number of aromatic nitrogens is 2. The number of rotatable bonds is 3. The Kier molecular flexibility index (Phi) is 2.95. The summed E-state index contributed by atoms with van der Waals surface area (Å²) in [6, 6.07) is 1.66. The van der Waals surface area contributed by atoms with E-state index in [0.29, 0.717) is 18.1 Å². The highest BCUT2D eigenvalue weighted by molar-refractivity contribution is 7.92. The summed E-state index contributed by atoms with van der Waals surface area (Å²) in [6.07, 6.45) is 3.00. The molecule has 0 radical (unpaired) electrons. The maximum Gasteiger partial charge on any atom is 0.221 e. The van der Waals surface area contributed by atoms with E-state index in [0.717, 1.165) is 12.8 Å². The van der Waals surface area contributed by atoms with E-state index in [2.05, 4.69) is 15.3 Å². The van der Waals surface area contributed by atoms with Crippen molar-refractivity contribution in [1.82, 2.24) is 9.97 Å². The molecule has 1 unspecified atom stereocenters. The average Bonchev–Trinajstić information content (AvgIpc) is 2.55. The van der Waals surface area contributed by atoms with Gasteiger partial charge in [0.15, 0.2) is 9.84 Å². The van der Waals surface area contributed by atoms with E-state index in [1.807, 2.05) is 0 Å². The number of sulfone groups is 1. The molecule has 3 N–H and O–H groups in total. The largest absolute Gasteiger partial charge is 0.369 e. The first-order valence-corrected chi connectivity index (χ1v) is 6.83. The fraction of sp³-hybridized carbons (Fsp3) is 0.556. The van der Waals surface area contributed by atoms with Gasteiger partial charge in [-0.25, -0.2) is 13.4 Å². The van der Waals surface area contributed by atoms with Crippen molar-refractivity contribution >= 4 is 21.6 Å². The third-order valence-electron chi connectivity index (χ3n) is 2.65. The van der Waals surface area contributed by atoms with E-state index in [1.165, 1.54) is 6.20 Å². The van der Waals surface area contributed by atoms with Crippen LogP contribution in [-0.4, -0.2) is 35.9 Å². The lowest BCUT2D eigenvalue weighted by molar-refractivity contribution is 0.591. The Morgan fingerprint density at radius 2 is 2.38 bits per heavy atom. The van der Waals surface area contributed by atoms with Gasteiger partial charge in [0.05, 0.1) is 11.0 Å². The number of hydrogen-bond acceptors (Lipinski definition) is 6. The molecule has 1 atom stereocenters. The smallest absolute Gasteiger partial charge is 0.221 e. The minimum atomic E-state index is -2.90. The molecule has 0 aromatic carbocycles. The second kappa shape index (κ2) is 4.25. The number of nitrogens with two attached hydrogens (primary N) is 1. The maximum atomic E-state index is 11.6. The summed E-state index contributed by atoms with van der Waals surface area (Å²) < 4.78 is 23.1. The molecule has 2 rings (SSSR count). The molecule has 2 heterocycles. The average molecular weight is 242 g/mol. The summed E-state index contributed by atoms with van der Waals surface area (Å²) in [4.78, 5) is 7.70. The Balaban J connectivity index is 1.98. The SMILES string of the molecule is Nc1nccc(NCC2CCCS2(=O)=O)n1. The van der Waals surface area contributed by atoms with Crippen LogP contribution >= 0.6 is 0 Å². The van der Waals surface area contributed by atoms with Crippen LogP contribution < -0.4 is 11.1 Å². The molecule has 7 heteroatoms. The van der Waals surface area contributed by atoms with Crippen LogP contribution in [0.2, 0.25) is 0 Å². The van der Waals surface area contributed by atoms with Crippen LogP contribution in [0.4, 0.5) is 11.8 Å². The van der Waals surface area contributed by atoms with Gasteiger partial charge in [-0.15, -0.1) is 0 Å². The van der Waals surface area contributed by atoms with Gasteiger partial charge in [-0.1, -0.05) is 0 Å². The summed E-state index contributed by atoms with van der Waals surface area (Å²) >= 11 is 0. The molecule has 6 nitrogen and oxygen atoms in total. The van der Waals surface area contributed by atoms with Crippen molar-refractivity contribution in [3.05, 3.63) is 12.3 Å². The van der Waals surface area contributed by atoms with Gasteiger partial charge in [-0.05, 0) is 18.9 Å². The van der Waals surface area contributed by atoms with E-state index in [-0.39, 0.29) is 11.2 Å². The van der Waals surface area contributed by atoms with E-state index < -0.39 is 9.84 Å². The van der Waals surface area contributed by atoms with Crippen molar-refractivity contribution in [2.45, 2.75) is 18.1 Å². The van der Waals surface area contributed by atoms with E-state index in [4.69, 9.17) is 5.73 Å². The quantitative estimate of drug-likeness (QED) is 0.777. The van der Waals surface area contributed by atoms with E-state index >= 15 is 0 Å². The number of nitrogens with zero attached hydrogens (tertiary/aromatic N) is 2. The molecular weight excluding hydrogens is 228 g/mol. The van der Waals surface area contributed by atoms with Gasteiger partial charge >= 0.3 is 0 Å². The molecule has 1 fully saturated rings. The Bertz CT molecular complexity index is 474. The van der Waals surface area contributed by atoms with Crippen molar-refractivity contribution in [2.24, 2.45) is 0 Å². The molecule has 0 amide bonds. The number of hydrogen-bond donors (Lipinski definition) is 2. The van der Waals surface area contributed by atoms with Crippen molar-refractivity contribution in [1.29, 1.82) is 0 Å². The number of nitrogen functional groups attached to an aromatic ring is 1. The van der Waals surface area contributed by atoms with Crippen LogP contribution in [0.3, 0.4) is 0 Å². The van der Waals surface area contributed by atoms with Crippen LogP contribution in [0.15, 0.2) is 12.3 Å². The summed E-state index contributed by atoms with van der Waals surface area (Å²) in [5.41, 5.74) is 5.42. The van der Waals surface area contributed by atoms with E-state index in [9.17, 15) is 8.42 Å². The molecule has 0 bridgehead atoms. The highest BCUT2D eigenvalue weighted by atomic mass is 32.2. The van der Waals surface area contributed by atoms with Crippen molar-refractivity contribution in [2.75, 3.05) is 23.3 Å². The highest BCUT2D eigenvalue weighted by Crippen LogP contribution is 2.20. The van der Waals surface area contributed by atoms with Crippen LogP contribution in [-0.2, 0) is 9.84 Å². The Morgan fingerprint density at radius 3 is 3.00 bits per heavy atom. The number of nitrogens with one attached hydrogen (secondary N) is 1. The lowest BCUT2D eigenvalue weighted by atomic mass is 10.2. The third-order valence-corrected chi connectivity index (χ3v) is 4.92. The van der Waals surface area contributed by atoms with Gasteiger partial charge in [0.1, 0.15) is 5.82 Å². The Labute approximate surface area is 94.2 Å². The molecule has 0 spiro atoms. The maximum absolute atomic E-state index is 11.6. The molecule has 1 aliphatic rings. The monoisotopic (exact) mass is 242 g/mol. The first kappa shape index (κ1) is 11.1. The minimum absolute atomic E-state index is 0.180. The lowest BCUT2D eigenvalue weighted by Gasteiger charge is -2.10. The summed E-state index contributed by atoms with van der Waals surface area (Å²) in [5.74, 6) is 1.04. The molecule has 1 aliphatic heterocycles. The third kappa shape index (κ3) is 2.41. The molecule has 88 valence electrons. The zero-order chi connectivity index (χ0) is 11.6. The Morgan fingerprint density at radius 1 is 1.56 bits per heavy atom. The second-order valence-corrected chi connectivity index (χ2v) is 6.21. The Hall–Kier alpha value is -1.37. The second-order valence-electron chi connectivity index (χ2n) is 3.81. The summed E-state index contributed by atoms with van der Waals surface area (Å²) in [6.45, 7) is 0.388. The molecule has 16 heavy (non-hydrogen) atoms. The minimum Gasteiger partial charge on any atom is -0.369 e. The fourth-order valence-corrected chi connectivity index (χ4v) is 3.54. The standard InChI is InChI=1S/C9H14N4O2S/c10-9-11-4-3-8(13-9)12-6-7-2-1-5-16(7,14)15/h3-4,7H,1-2,5-6H2,(H3,10,11,12,13). The van der Waals surface area contributed by atoms with Crippen LogP contribution in [0.1, 0.15) is 12.8 Å². The zero-order valence-electron chi connectivity index (χ0n) is 8.76. The normalized spacial score (nSPS) is 23.1. The molecule has 1 aromatic heterocycles. The van der Waals surface area contributed by atoms with Gasteiger partial charge in [-0.3, -0.25) is 0 Å². The predicted molar refractivity (Wildman–Crippen MR) is 61.7 cm³/mol. The molecule has 0 aliphatic carbocycles. The predicted octanol–water partition coefficient (Wildman–Crippen LogP) is 0.0479. The van der Waals surface area contributed by atoms with Crippen LogP contribution in [0, 0.1) is 0 Å². The zero-order valence-corrected chi connectivity index (χ0v) is 9.57. The van der Waals surface area contributed by atoms with Gasteiger partial charge in [0.2, 0.25) is 5.95 Å². The van der Waals surface area contributed by atoms with Crippen molar-refractivity contribution < 1.29 is 8.42 Å². The van der Waals surface area contributed by atoms with Crippen LogP contribution in [0.25, 0.3) is 0 Å². The molecular formula is C9H14N4O2S. The van der Waals surface area contributed by atoms with E-state index in [1.54, 1.807) is 6.07 Å². The van der Waals surface area contributed by atoms with Gasteiger partial charge in [0.25, 0.3) is 0 Å². The molecule has 0 saturated carbocycles. The van der Waals surface area contributed by atoms with Gasteiger partial charge in [-0.2, -0.15) is 4.98 Å². The van der Waals surface area contributed by atoms with Crippen LogP contribution in [0.5, 0.6) is 0 Å². The lowest BCUT2D eigenvalue weighted by Crippen LogP contribution is -2.25. The van der Waals surface area contributed by atoms with Crippen molar-refractivity contribution in [3.8, 4) is 0 Å². The van der Waals surface area contributed by atoms with Crippen molar-refractivity contribution in [3.63, 3.8) is 0 Å². The highest BCUT2D eigenvalue weighted by Gasteiger charge is 2.30. The van der Waals surface area contributed by atoms with Gasteiger partial charge < -0.3 is 11.1 Å². The molecule has 1 aromatic rings. The first-order chi connectivity index (χ1) is 7.58. The first-order valence-electron chi connectivity index (χ1n) is 5.12. The van der Waals surface area contributed by atoms with Gasteiger partial charge in [0, 0.05) is 12.7 Å². The summed E-state index contributed by atoms with van der Waals surface area (Å²) in [7, 11) is -2.90. The fourth-order valence-electron chi connectivity index (χ4n) is 1.78.